The Morgan fingerprint density at radius 1 is 0.804 bits per heavy atom. The zero-order valence-electron chi connectivity index (χ0n) is 31.6. The molecule has 3 aromatic heterocycles. The maximum atomic E-state index is 12.7. The van der Waals surface area contributed by atoms with Gasteiger partial charge in [-0.05, 0) is 93.0 Å². The van der Waals surface area contributed by atoms with Crippen molar-refractivity contribution in [2.24, 2.45) is 0 Å². The zero-order valence-corrected chi connectivity index (χ0v) is 31.6. The first-order valence-corrected chi connectivity index (χ1v) is 18.9. The van der Waals surface area contributed by atoms with Gasteiger partial charge in [0.25, 0.3) is 0 Å². The third-order valence-corrected chi connectivity index (χ3v) is 11.0. The molecule has 274 valence electrons. The minimum absolute atomic E-state index is 0.00590. The van der Waals surface area contributed by atoms with Crippen LogP contribution in [0.1, 0.15) is 166 Å². The highest BCUT2D eigenvalue weighted by Gasteiger charge is 2.32. The number of aromatic carboxylic acids is 1. The number of aromatic nitrogens is 4. The first kappa shape index (κ1) is 38.0. The largest absolute Gasteiger partial charge is 0.481 e. The number of nitrogens with zero attached hydrogens (tertiary/aromatic N) is 2. The van der Waals surface area contributed by atoms with Crippen molar-refractivity contribution < 1.29 is 24.5 Å². The lowest BCUT2D eigenvalue weighted by atomic mass is 9.86. The number of aryl methyl sites for hydroxylation is 3. The molecule has 0 saturated heterocycles. The van der Waals surface area contributed by atoms with Gasteiger partial charge in [0.2, 0.25) is 0 Å². The van der Waals surface area contributed by atoms with Crippen LogP contribution >= 0.6 is 0 Å². The number of allylic oxidation sites excluding steroid dienone is 2. The van der Waals surface area contributed by atoms with Crippen molar-refractivity contribution >= 4 is 45.2 Å². The highest BCUT2D eigenvalue weighted by atomic mass is 16.5. The van der Waals surface area contributed by atoms with Crippen LogP contribution < -0.4 is 0 Å². The van der Waals surface area contributed by atoms with Gasteiger partial charge in [-0.15, -0.1) is 0 Å². The summed E-state index contributed by atoms with van der Waals surface area (Å²) in [7, 11) is 0. The van der Waals surface area contributed by atoms with Crippen molar-refractivity contribution in [1.82, 2.24) is 19.9 Å². The smallest absolute Gasteiger partial charge is 0.338 e. The van der Waals surface area contributed by atoms with Gasteiger partial charge in [-0.25, -0.2) is 9.78 Å². The predicted molar refractivity (Wildman–Crippen MR) is 205 cm³/mol. The van der Waals surface area contributed by atoms with Gasteiger partial charge in [-0.1, -0.05) is 65.7 Å². The van der Waals surface area contributed by atoms with Crippen molar-refractivity contribution in [3.8, 4) is 0 Å². The average Bonchev–Trinajstić information content (AvgIpc) is 3.77. The molecule has 0 amide bonds. The first-order chi connectivity index (χ1) is 24.5. The molecule has 0 spiro atoms. The molecule has 3 aromatic rings. The molecule has 8 bridgehead atoms. The molecule has 5 heterocycles. The SMILES string of the molecule is CCCCCCCCCCOCc1c(C)c2cc3nc(c(C)c4[nH]c(cc5nc(cc1[nH]2)C(C)=C5CC)c(C)c4C(=O)O)[C@@H](CCC(=O)O)[C@@H]3C. The molecule has 4 N–H and O–H groups in total. The number of ether oxygens (including phenoxy) is 1. The molecule has 9 heteroatoms. The molecule has 0 aromatic carbocycles. The molecular weight excluding hydrogens is 640 g/mol. The van der Waals surface area contributed by atoms with E-state index < -0.39 is 11.9 Å². The maximum Gasteiger partial charge on any atom is 0.338 e. The van der Waals surface area contributed by atoms with E-state index in [9.17, 15) is 19.8 Å². The van der Waals surface area contributed by atoms with Crippen LogP contribution in [0.2, 0.25) is 0 Å². The second-order valence-electron chi connectivity index (χ2n) is 14.4. The molecule has 51 heavy (non-hydrogen) atoms. The number of carboxylic acid groups (broad SMARTS) is 2. The van der Waals surface area contributed by atoms with E-state index in [0.29, 0.717) is 41.8 Å². The summed E-state index contributed by atoms with van der Waals surface area (Å²) in [5.41, 5.74) is 12.2. The highest BCUT2D eigenvalue weighted by molar-refractivity contribution is 6.02. The van der Waals surface area contributed by atoms with Crippen LogP contribution in [0.15, 0.2) is 18.2 Å². The van der Waals surface area contributed by atoms with Crippen LogP contribution in [-0.4, -0.2) is 48.7 Å². The number of rotatable bonds is 16. The molecule has 2 aliphatic heterocycles. The Kier molecular flexibility index (Phi) is 12.6. The molecule has 2 aliphatic rings. The van der Waals surface area contributed by atoms with Gasteiger partial charge in [0.05, 0.1) is 29.1 Å². The van der Waals surface area contributed by atoms with Gasteiger partial charge < -0.3 is 24.9 Å². The predicted octanol–water partition coefficient (Wildman–Crippen LogP) is 10.7. The Morgan fingerprint density at radius 3 is 2.14 bits per heavy atom. The van der Waals surface area contributed by atoms with Gasteiger partial charge in [0, 0.05) is 58.4 Å². The van der Waals surface area contributed by atoms with Crippen LogP contribution in [-0.2, 0) is 16.1 Å². The summed E-state index contributed by atoms with van der Waals surface area (Å²) in [6.45, 7) is 15.6. The molecular formula is C42H56N4O5. The van der Waals surface area contributed by atoms with Crippen LogP contribution in [0, 0.1) is 20.8 Å². The number of nitrogens with one attached hydrogen (secondary N) is 2. The lowest BCUT2D eigenvalue weighted by Crippen LogP contribution is -2.07. The lowest BCUT2D eigenvalue weighted by Gasteiger charge is -2.16. The van der Waals surface area contributed by atoms with Crippen LogP contribution in [0.3, 0.4) is 0 Å². The minimum Gasteiger partial charge on any atom is -0.481 e. The van der Waals surface area contributed by atoms with Gasteiger partial charge in [0.1, 0.15) is 0 Å². The van der Waals surface area contributed by atoms with E-state index in [-0.39, 0.29) is 23.8 Å². The lowest BCUT2D eigenvalue weighted by molar-refractivity contribution is -0.137. The van der Waals surface area contributed by atoms with Crippen LogP contribution in [0.25, 0.3) is 33.2 Å². The molecule has 0 fully saturated rings. The summed E-state index contributed by atoms with van der Waals surface area (Å²) < 4.78 is 6.31. The first-order valence-electron chi connectivity index (χ1n) is 18.9. The summed E-state index contributed by atoms with van der Waals surface area (Å²) >= 11 is 0. The van der Waals surface area contributed by atoms with Crippen molar-refractivity contribution in [3.05, 3.63) is 68.8 Å². The molecule has 9 nitrogen and oxygen atoms in total. The van der Waals surface area contributed by atoms with E-state index in [2.05, 4.69) is 56.7 Å². The summed E-state index contributed by atoms with van der Waals surface area (Å²) in [6, 6.07) is 6.14. The number of aliphatic carboxylic acids is 1. The van der Waals surface area contributed by atoms with Crippen LogP contribution in [0.4, 0.5) is 0 Å². The Morgan fingerprint density at radius 2 is 1.47 bits per heavy atom. The number of fused-ring (bicyclic) bond motifs is 8. The van der Waals surface area contributed by atoms with E-state index >= 15 is 0 Å². The Bertz CT molecular complexity index is 1970. The van der Waals surface area contributed by atoms with Gasteiger partial charge in [-0.3, -0.25) is 9.78 Å². The van der Waals surface area contributed by atoms with Crippen LogP contribution in [0.5, 0.6) is 0 Å². The third-order valence-electron chi connectivity index (χ3n) is 11.0. The van der Waals surface area contributed by atoms with E-state index in [0.717, 1.165) is 68.9 Å². The minimum atomic E-state index is -1.03. The summed E-state index contributed by atoms with van der Waals surface area (Å²) in [5.74, 6) is -2.16. The van der Waals surface area contributed by atoms with Crippen molar-refractivity contribution in [3.63, 3.8) is 0 Å². The number of hydrogen-bond acceptors (Lipinski definition) is 5. The normalized spacial score (nSPS) is 15.9. The quantitative estimate of drug-likeness (QED) is 0.109. The van der Waals surface area contributed by atoms with Gasteiger partial charge in [0.15, 0.2) is 0 Å². The number of H-pyrrole nitrogens is 2. The number of aromatic amines is 2. The zero-order chi connectivity index (χ0) is 36.8. The number of carboxylic acids is 2. The Hall–Kier alpha value is -4.24. The Balaban J connectivity index is 1.66. The summed E-state index contributed by atoms with van der Waals surface area (Å²) in [6.07, 6.45) is 11.2. The fourth-order valence-corrected chi connectivity index (χ4v) is 7.79. The van der Waals surface area contributed by atoms with Gasteiger partial charge in [-0.2, -0.15) is 0 Å². The molecule has 0 unspecified atom stereocenters. The van der Waals surface area contributed by atoms with Gasteiger partial charge >= 0.3 is 11.9 Å². The highest BCUT2D eigenvalue weighted by Crippen LogP contribution is 2.42. The molecule has 0 radical (unpaired) electrons. The maximum absolute atomic E-state index is 12.7. The van der Waals surface area contributed by atoms with E-state index in [4.69, 9.17) is 14.7 Å². The van der Waals surface area contributed by atoms with E-state index in [1.807, 2.05) is 19.9 Å². The average molecular weight is 697 g/mol. The van der Waals surface area contributed by atoms with E-state index in [1.165, 1.54) is 44.9 Å². The summed E-state index contributed by atoms with van der Waals surface area (Å²) in [4.78, 5) is 41.8. The molecule has 0 aliphatic carbocycles. The molecule has 5 rings (SSSR count). The second kappa shape index (κ2) is 16.9. The standard InChI is InChI=1S/C42H56N4O5/c1-8-10-11-12-13-14-15-16-19-51-23-31-26(5)32-20-34-25(4)30(17-18-38(47)48)40(45-34)28(7)41-39(42(49)50)27(6)35(46-41)22-36-29(9-2)24(3)33(43-36)21-37(31)44-32/h20-22,25,30,44,46H,8-19,23H2,1-7H3,(H,47,48)(H,49,50)/t25-,30-/m0/s1. The monoisotopic (exact) mass is 696 g/mol. The van der Waals surface area contributed by atoms with Crippen molar-refractivity contribution in [1.29, 1.82) is 0 Å². The number of carbonyl (C=O) groups is 2. The number of unbranched alkanes of at least 4 members (excludes halogenated alkanes) is 7. The topological polar surface area (TPSA) is 141 Å². The fourth-order valence-electron chi connectivity index (χ4n) is 7.79. The second-order valence-corrected chi connectivity index (χ2v) is 14.4. The summed E-state index contributed by atoms with van der Waals surface area (Å²) in [5, 5.41) is 20.0. The fraction of sp³-hybridized carbons (Fsp3) is 0.524. The molecule has 0 saturated carbocycles. The van der Waals surface area contributed by atoms with E-state index in [1.54, 1.807) is 0 Å². The third kappa shape index (κ3) is 8.30. The Labute approximate surface area is 302 Å². The number of hydrogen-bond donors (Lipinski definition) is 4. The van der Waals surface area contributed by atoms with Crippen molar-refractivity contribution in [2.45, 2.75) is 138 Å². The van der Waals surface area contributed by atoms with Crippen molar-refractivity contribution in [2.75, 3.05) is 6.61 Å². The molecule has 2 atom stereocenters.